The summed E-state index contributed by atoms with van der Waals surface area (Å²) < 4.78 is 11.1. The molecule has 2 aromatic rings. The van der Waals surface area contributed by atoms with E-state index >= 15 is 0 Å². The minimum absolute atomic E-state index is 0.0800. The molecular weight excluding hydrogens is 252 g/mol. The third-order valence-corrected chi connectivity index (χ3v) is 3.16. The van der Waals surface area contributed by atoms with Crippen LogP contribution in [0.3, 0.4) is 0 Å². The first-order valence-electron chi connectivity index (χ1n) is 7.11. The lowest BCUT2D eigenvalue weighted by Crippen LogP contribution is -2.22. The van der Waals surface area contributed by atoms with Crippen molar-refractivity contribution >= 4 is 0 Å². The molecule has 0 amide bonds. The van der Waals surface area contributed by atoms with Crippen LogP contribution < -0.4 is 10.1 Å². The second kappa shape index (κ2) is 7.10. The highest BCUT2D eigenvalue weighted by molar-refractivity contribution is 5.35. The molecule has 0 radical (unpaired) electrons. The largest absolute Gasteiger partial charge is 0.492 e. The van der Waals surface area contributed by atoms with Crippen molar-refractivity contribution in [2.24, 2.45) is 0 Å². The molecule has 0 spiro atoms. The van der Waals surface area contributed by atoms with Gasteiger partial charge in [-0.25, -0.2) is 0 Å². The summed E-state index contributed by atoms with van der Waals surface area (Å²) >= 11 is 0. The van der Waals surface area contributed by atoms with E-state index in [1.807, 2.05) is 25.3 Å². The van der Waals surface area contributed by atoms with Crippen LogP contribution in [0.2, 0.25) is 0 Å². The highest BCUT2D eigenvalue weighted by Crippen LogP contribution is 2.27. The van der Waals surface area contributed by atoms with E-state index in [-0.39, 0.29) is 6.04 Å². The van der Waals surface area contributed by atoms with Crippen LogP contribution in [-0.2, 0) is 0 Å². The molecule has 4 nitrogen and oxygen atoms in total. The second-order valence-electron chi connectivity index (χ2n) is 4.73. The zero-order valence-corrected chi connectivity index (χ0v) is 12.3. The Morgan fingerprint density at radius 3 is 2.85 bits per heavy atom. The maximum Gasteiger partial charge on any atom is 0.137 e. The molecule has 0 aromatic carbocycles. The third-order valence-electron chi connectivity index (χ3n) is 3.16. The molecule has 1 atom stereocenters. The molecule has 4 heteroatoms. The van der Waals surface area contributed by atoms with Gasteiger partial charge < -0.3 is 14.5 Å². The molecule has 20 heavy (non-hydrogen) atoms. The van der Waals surface area contributed by atoms with Gasteiger partial charge in [0.25, 0.3) is 0 Å². The number of nitrogens with one attached hydrogen (secondary N) is 1. The van der Waals surface area contributed by atoms with E-state index < -0.39 is 0 Å². The molecule has 0 saturated heterocycles. The molecule has 1 N–H and O–H groups in total. The molecule has 108 valence electrons. The maximum atomic E-state index is 5.66. The Morgan fingerprint density at radius 1 is 1.35 bits per heavy atom. The summed E-state index contributed by atoms with van der Waals surface area (Å²) in [5.74, 6) is 1.74. The van der Waals surface area contributed by atoms with Crippen molar-refractivity contribution in [3.05, 3.63) is 47.7 Å². The Labute approximate surface area is 120 Å². The van der Waals surface area contributed by atoms with Gasteiger partial charge in [-0.15, -0.1) is 0 Å². The predicted octanol–water partition coefficient (Wildman–Crippen LogP) is 3.47. The molecule has 0 aliphatic carbocycles. The van der Waals surface area contributed by atoms with Gasteiger partial charge in [0.15, 0.2) is 0 Å². The normalized spacial score (nSPS) is 12.3. The van der Waals surface area contributed by atoms with Gasteiger partial charge in [-0.2, -0.15) is 0 Å². The van der Waals surface area contributed by atoms with Gasteiger partial charge >= 0.3 is 0 Å². The van der Waals surface area contributed by atoms with Crippen LogP contribution >= 0.6 is 0 Å². The van der Waals surface area contributed by atoms with Gasteiger partial charge in [-0.05, 0) is 37.6 Å². The van der Waals surface area contributed by atoms with Crippen molar-refractivity contribution < 1.29 is 9.15 Å². The van der Waals surface area contributed by atoms with Crippen LogP contribution in [0.15, 0.2) is 35.2 Å². The van der Waals surface area contributed by atoms with Crippen molar-refractivity contribution in [3.63, 3.8) is 0 Å². The summed E-state index contributed by atoms with van der Waals surface area (Å²) in [7, 11) is 0. The molecule has 0 aliphatic rings. The molecule has 2 aromatic heterocycles. The summed E-state index contributed by atoms with van der Waals surface area (Å²) in [6.45, 7) is 7.74. The average molecular weight is 274 g/mol. The fraction of sp³-hybridized carbons (Fsp3) is 0.438. The van der Waals surface area contributed by atoms with E-state index in [9.17, 15) is 0 Å². The average Bonchev–Trinajstić information content (AvgIpc) is 2.89. The van der Waals surface area contributed by atoms with E-state index in [1.165, 1.54) is 0 Å². The number of hydrogen-bond donors (Lipinski definition) is 1. The van der Waals surface area contributed by atoms with Gasteiger partial charge in [0, 0.05) is 11.8 Å². The van der Waals surface area contributed by atoms with E-state index in [2.05, 4.69) is 24.1 Å². The molecule has 0 saturated carbocycles. The number of ether oxygens (including phenoxy) is 1. The maximum absolute atomic E-state index is 5.66. The second-order valence-corrected chi connectivity index (χ2v) is 4.73. The fourth-order valence-electron chi connectivity index (χ4n) is 2.20. The van der Waals surface area contributed by atoms with Crippen LogP contribution in [-0.4, -0.2) is 18.1 Å². The Kier molecular flexibility index (Phi) is 5.18. The number of nitrogens with zero attached hydrogens (tertiary/aromatic N) is 1. The van der Waals surface area contributed by atoms with Crippen LogP contribution in [0.4, 0.5) is 0 Å². The predicted molar refractivity (Wildman–Crippen MR) is 79.0 cm³/mol. The van der Waals surface area contributed by atoms with E-state index in [0.717, 1.165) is 35.6 Å². The van der Waals surface area contributed by atoms with E-state index in [4.69, 9.17) is 9.15 Å². The Bertz CT molecular complexity index is 537. The SMILES string of the molecule is CCCOc1cncc(C(NCC)c2ccoc2C)c1. The first-order chi connectivity index (χ1) is 9.76. The van der Waals surface area contributed by atoms with Gasteiger partial charge in [-0.1, -0.05) is 13.8 Å². The molecule has 2 heterocycles. The number of pyridine rings is 1. The van der Waals surface area contributed by atoms with Gasteiger partial charge in [0.05, 0.1) is 25.1 Å². The quantitative estimate of drug-likeness (QED) is 0.839. The fourth-order valence-corrected chi connectivity index (χ4v) is 2.20. The summed E-state index contributed by atoms with van der Waals surface area (Å²) in [6, 6.07) is 4.13. The minimum atomic E-state index is 0.0800. The third kappa shape index (κ3) is 3.39. The minimum Gasteiger partial charge on any atom is -0.492 e. The van der Waals surface area contributed by atoms with Crippen molar-refractivity contribution in [3.8, 4) is 5.75 Å². The summed E-state index contributed by atoms with van der Waals surface area (Å²) in [5.41, 5.74) is 2.23. The number of furan rings is 1. The Hall–Kier alpha value is -1.81. The zero-order chi connectivity index (χ0) is 14.4. The lowest BCUT2D eigenvalue weighted by Gasteiger charge is -2.18. The molecule has 2 rings (SSSR count). The summed E-state index contributed by atoms with van der Waals surface area (Å²) in [5, 5.41) is 3.47. The first-order valence-corrected chi connectivity index (χ1v) is 7.11. The van der Waals surface area contributed by atoms with E-state index in [0.29, 0.717) is 6.61 Å². The highest BCUT2D eigenvalue weighted by Gasteiger charge is 2.18. The van der Waals surface area contributed by atoms with Gasteiger partial charge in [-0.3, -0.25) is 4.98 Å². The summed E-state index contributed by atoms with van der Waals surface area (Å²) in [6.07, 6.45) is 6.34. The molecule has 0 bridgehead atoms. The van der Waals surface area contributed by atoms with Crippen LogP contribution in [0.25, 0.3) is 0 Å². The summed E-state index contributed by atoms with van der Waals surface area (Å²) in [4.78, 5) is 4.28. The van der Waals surface area contributed by atoms with Crippen LogP contribution in [0.5, 0.6) is 5.75 Å². The first kappa shape index (κ1) is 14.6. The number of hydrogen-bond acceptors (Lipinski definition) is 4. The topological polar surface area (TPSA) is 47.3 Å². The molecule has 0 aliphatic heterocycles. The number of rotatable bonds is 7. The van der Waals surface area contributed by atoms with Crippen LogP contribution in [0.1, 0.15) is 43.2 Å². The van der Waals surface area contributed by atoms with Gasteiger partial charge in [0.1, 0.15) is 11.5 Å². The molecular formula is C16H22N2O2. The lowest BCUT2D eigenvalue weighted by molar-refractivity contribution is 0.315. The standard InChI is InChI=1S/C16H22N2O2/c1-4-7-20-14-9-13(10-17-11-14)16(18-5-2)15-6-8-19-12(15)3/h6,8-11,16,18H,4-5,7H2,1-3H3. The zero-order valence-electron chi connectivity index (χ0n) is 12.3. The monoisotopic (exact) mass is 274 g/mol. The smallest absolute Gasteiger partial charge is 0.137 e. The molecule has 0 fully saturated rings. The lowest BCUT2D eigenvalue weighted by atomic mass is 10.0. The number of aromatic nitrogens is 1. The molecule has 1 unspecified atom stereocenters. The highest BCUT2D eigenvalue weighted by atomic mass is 16.5. The van der Waals surface area contributed by atoms with E-state index in [1.54, 1.807) is 12.5 Å². The number of aryl methyl sites for hydroxylation is 1. The van der Waals surface area contributed by atoms with Gasteiger partial charge in [0.2, 0.25) is 0 Å². The van der Waals surface area contributed by atoms with Crippen LogP contribution in [0, 0.1) is 6.92 Å². The Balaban J connectivity index is 2.27. The van der Waals surface area contributed by atoms with Crippen molar-refractivity contribution in [2.75, 3.05) is 13.2 Å². The van der Waals surface area contributed by atoms with Crippen molar-refractivity contribution in [2.45, 2.75) is 33.2 Å². The van der Waals surface area contributed by atoms with Crippen molar-refractivity contribution in [1.82, 2.24) is 10.3 Å². The Morgan fingerprint density at radius 2 is 2.20 bits per heavy atom. The van der Waals surface area contributed by atoms with Crippen molar-refractivity contribution in [1.29, 1.82) is 0 Å².